The fourth-order valence-corrected chi connectivity index (χ4v) is 2.97. The first kappa shape index (κ1) is 20.0. The number of nitrogen functional groups attached to an aromatic ring is 1. The first-order chi connectivity index (χ1) is 14.0. The van der Waals surface area contributed by atoms with Crippen LogP contribution >= 0.6 is 0 Å². The number of anilines is 2. The van der Waals surface area contributed by atoms with Crippen LogP contribution in [-0.2, 0) is 0 Å². The number of carbonyl (C=O) groups excluding carboxylic acids is 2. The minimum Gasteiger partial charge on any atom is -0.383 e. The summed E-state index contributed by atoms with van der Waals surface area (Å²) in [6, 6.07) is 12.3. The fourth-order valence-electron chi connectivity index (χ4n) is 2.97. The Morgan fingerprint density at radius 3 is 2.45 bits per heavy atom. The highest BCUT2D eigenvalue weighted by molar-refractivity contribution is 6.07. The molecule has 0 fully saturated rings. The molecule has 0 aliphatic heterocycles. The van der Waals surface area contributed by atoms with E-state index in [-0.39, 0.29) is 23.2 Å². The monoisotopic (exact) mass is 389 g/mol. The molecule has 2 amide bonds. The number of hydrogen-bond acceptors (Lipinski definition) is 5. The minimum atomic E-state index is -0.363. The number of hydrogen-bond donors (Lipinski definition) is 2. The molecular weight excluding hydrogens is 366 g/mol. The van der Waals surface area contributed by atoms with Gasteiger partial charge in [-0.1, -0.05) is 12.1 Å². The maximum atomic E-state index is 12.6. The van der Waals surface area contributed by atoms with Crippen LogP contribution in [0.4, 0.5) is 11.5 Å². The van der Waals surface area contributed by atoms with Gasteiger partial charge in [-0.05, 0) is 49.7 Å². The van der Waals surface area contributed by atoms with Crippen molar-refractivity contribution in [3.63, 3.8) is 0 Å². The number of nitrogens with zero attached hydrogens (tertiary/aromatic N) is 3. The van der Waals surface area contributed by atoms with Gasteiger partial charge in [0.25, 0.3) is 11.8 Å². The van der Waals surface area contributed by atoms with Gasteiger partial charge in [-0.15, -0.1) is 0 Å². The summed E-state index contributed by atoms with van der Waals surface area (Å²) in [5.74, 6) is -0.259. The van der Waals surface area contributed by atoms with Gasteiger partial charge in [0, 0.05) is 48.5 Å². The van der Waals surface area contributed by atoms with E-state index < -0.39 is 0 Å². The molecule has 148 valence electrons. The van der Waals surface area contributed by atoms with Crippen LogP contribution in [0, 0.1) is 0 Å². The lowest BCUT2D eigenvalue weighted by atomic mass is 10.0. The number of benzene rings is 1. The standard InChI is InChI=1S/C22H23N5O2/c1-3-27(4-2)22(29)16-7-5-6-15(12-16)17-13-19(20(23)25-14-17)21(28)26-18-8-10-24-11-9-18/h5-14H,3-4H2,1-2H3,(H2,23,25)(H,24,26,28). The van der Waals surface area contributed by atoms with E-state index in [4.69, 9.17) is 5.73 Å². The van der Waals surface area contributed by atoms with E-state index in [0.29, 0.717) is 29.9 Å². The average Bonchev–Trinajstić information content (AvgIpc) is 2.75. The van der Waals surface area contributed by atoms with Gasteiger partial charge in [-0.2, -0.15) is 0 Å². The third-order valence-electron chi connectivity index (χ3n) is 4.59. The van der Waals surface area contributed by atoms with Crippen molar-refractivity contribution in [2.24, 2.45) is 0 Å². The Balaban J connectivity index is 1.90. The van der Waals surface area contributed by atoms with E-state index in [0.717, 1.165) is 5.56 Å². The quantitative estimate of drug-likeness (QED) is 0.672. The van der Waals surface area contributed by atoms with Crippen LogP contribution < -0.4 is 11.1 Å². The molecule has 0 aliphatic rings. The number of nitrogens with two attached hydrogens (primary N) is 1. The maximum Gasteiger partial charge on any atom is 0.259 e. The van der Waals surface area contributed by atoms with Crippen molar-refractivity contribution in [1.82, 2.24) is 14.9 Å². The number of aromatic nitrogens is 2. The third-order valence-corrected chi connectivity index (χ3v) is 4.59. The summed E-state index contributed by atoms with van der Waals surface area (Å²) in [6.45, 7) is 5.18. The first-order valence-corrected chi connectivity index (χ1v) is 9.40. The smallest absolute Gasteiger partial charge is 0.259 e. The Labute approximate surface area is 169 Å². The molecule has 0 aliphatic carbocycles. The normalized spacial score (nSPS) is 10.4. The molecular formula is C22H23N5O2. The highest BCUT2D eigenvalue weighted by Crippen LogP contribution is 2.24. The zero-order chi connectivity index (χ0) is 20.8. The highest BCUT2D eigenvalue weighted by atomic mass is 16.2. The maximum absolute atomic E-state index is 12.6. The van der Waals surface area contributed by atoms with Crippen LogP contribution in [0.3, 0.4) is 0 Å². The molecule has 3 aromatic rings. The van der Waals surface area contributed by atoms with Gasteiger partial charge in [-0.25, -0.2) is 4.98 Å². The van der Waals surface area contributed by atoms with Crippen LogP contribution in [0.25, 0.3) is 11.1 Å². The molecule has 0 unspecified atom stereocenters. The molecule has 7 heteroatoms. The molecule has 2 heterocycles. The molecule has 3 N–H and O–H groups in total. The van der Waals surface area contributed by atoms with Crippen LogP contribution in [0.1, 0.15) is 34.6 Å². The topological polar surface area (TPSA) is 101 Å². The lowest BCUT2D eigenvalue weighted by Crippen LogP contribution is -2.30. The lowest BCUT2D eigenvalue weighted by molar-refractivity contribution is 0.0773. The zero-order valence-electron chi connectivity index (χ0n) is 16.4. The second-order valence-electron chi connectivity index (χ2n) is 6.41. The van der Waals surface area contributed by atoms with Crippen LogP contribution in [0.5, 0.6) is 0 Å². The summed E-state index contributed by atoms with van der Waals surface area (Å²) in [5.41, 5.74) is 8.88. The molecule has 0 radical (unpaired) electrons. The number of amides is 2. The summed E-state index contributed by atoms with van der Waals surface area (Å²) in [6.07, 6.45) is 4.78. The van der Waals surface area contributed by atoms with Crippen molar-refractivity contribution in [2.45, 2.75) is 13.8 Å². The highest BCUT2D eigenvalue weighted by Gasteiger charge is 2.16. The number of nitrogens with one attached hydrogen (secondary N) is 1. The summed E-state index contributed by atoms with van der Waals surface area (Å²) >= 11 is 0. The van der Waals surface area contributed by atoms with Gasteiger partial charge in [0.15, 0.2) is 0 Å². The summed E-state index contributed by atoms with van der Waals surface area (Å²) < 4.78 is 0. The molecule has 1 aromatic carbocycles. The summed E-state index contributed by atoms with van der Waals surface area (Å²) in [7, 11) is 0. The van der Waals surface area contributed by atoms with E-state index in [1.54, 1.807) is 53.8 Å². The Kier molecular flexibility index (Phi) is 6.19. The molecule has 0 saturated heterocycles. The van der Waals surface area contributed by atoms with Crippen LogP contribution in [0.2, 0.25) is 0 Å². The Morgan fingerprint density at radius 1 is 1.03 bits per heavy atom. The van der Waals surface area contributed by atoms with Crippen molar-refractivity contribution < 1.29 is 9.59 Å². The second-order valence-corrected chi connectivity index (χ2v) is 6.41. The van der Waals surface area contributed by atoms with E-state index in [1.165, 1.54) is 0 Å². The number of pyridine rings is 2. The molecule has 0 spiro atoms. The van der Waals surface area contributed by atoms with Crippen molar-refractivity contribution >= 4 is 23.3 Å². The fraction of sp³-hybridized carbons (Fsp3) is 0.182. The average molecular weight is 389 g/mol. The van der Waals surface area contributed by atoms with Crippen LogP contribution in [-0.4, -0.2) is 39.8 Å². The van der Waals surface area contributed by atoms with Gasteiger partial charge in [0.2, 0.25) is 0 Å². The van der Waals surface area contributed by atoms with Crippen molar-refractivity contribution in [1.29, 1.82) is 0 Å². The number of carbonyl (C=O) groups is 2. The lowest BCUT2D eigenvalue weighted by Gasteiger charge is -2.19. The first-order valence-electron chi connectivity index (χ1n) is 9.40. The molecule has 29 heavy (non-hydrogen) atoms. The van der Waals surface area contributed by atoms with Gasteiger partial charge in [-0.3, -0.25) is 14.6 Å². The van der Waals surface area contributed by atoms with E-state index in [9.17, 15) is 9.59 Å². The minimum absolute atomic E-state index is 0.0316. The van der Waals surface area contributed by atoms with Crippen LogP contribution in [0.15, 0.2) is 61.1 Å². The molecule has 3 rings (SSSR count). The second kappa shape index (κ2) is 8.97. The SMILES string of the molecule is CCN(CC)C(=O)c1cccc(-c2cnc(N)c(C(=O)Nc3ccncc3)c2)c1. The van der Waals surface area contributed by atoms with Gasteiger partial charge >= 0.3 is 0 Å². The molecule has 0 saturated carbocycles. The van der Waals surface area contributed by atoms with E-state index in [1.807, 2.05) is 26.0 Å². The Bertz CT molecular complexity index is 1020. The van der Waals surface area contributed by atoms with E-state index in [2.05, 4.69) is 15.3 Å². The largest absolute Gasteiger partial charge is 0.383 e. The number of rotatable bonds is 6. The predicted octanol–water partition coefficient (Wildman–Crippen LogP) is 3.46. The zero-order valence-corrected chi connectivity index (χ0v) is 16.4. The molecule has 0 atom stereocenters. The van der Waals surface area contributed by atoms with Gasteiger partial charge in [0.05, 0.1) is 5.56 Å². The summed E-state index contributed by atoms with van der Waals surface area (Å²) in [4.78, 5) is 35.1. The molecule has 0 bridgehead atoms. The van der Waals surface area contributed by atoms with Gasteiger partial charge < -0.3 is 16.0 Å². The van der Waals surface area contributed by atoms with Crippen molar-refractivity contribution in [3.8, 4) is 11.1 Å². The van der Waals surface area contributed by atoms with Crippen molar-refractivity contribution in [3.05, 3.63) is 72.2 Å². The summed E-state index contributed by atoms with van der Waals surface area (Å²) in [5, 5.41) is 2.78. The van der Waals surface area contributed by atoms with Gasteiger partial charge in [0.1, 0.15) is 5.82 Å². The third kappa shape index (κ3) is 4.57. The Morgan fingerprint density at radius 2 is 1.76 bits per heavy atom. The Hall–Kier alpha value is -3.74. The van der Waals surface area contributed by atoms with E-state index >= 15 is 0 Å². The molecule has 2 aromatic heterocycles. The predicted molar refractivity (Wildman–Crippen MR) is 114 cm³/mol. The molecule has 7 nitrogen and oxygen atoms in total. The van der Waals surface area contributed by atoms with Crippen molar-refractivity contribution in [2.75, 3.05) is 24.1 Å².